The molecule has 1 amide bonds. The molecule has 3 rings (SSSR count). The fraction of sp³-hybridized carbons (Fsp3) is 0.588. The number of methoxy groups -OCH3 is 1. The molecule has 2 saturated heterocycles. The molecular formula is C17H24N2O4. The van der Waals surface area contributed by atoms with Gasteiger partial charge in [-0.05, 0) is 17.7 Å². The molecule has 2 aliphatic rings. The van der Waals surface area contributed by atoms with Crippen molar-refractivity contribution in [2.45, 2.75) is 12.1 Å². The number of rotatable bonds is 3. The second-order valence-electron chi connectivity index (χ2n) is 6.34. The summed E-state index contributed by atoms with van der Waals surface area (Å²) in [4.78, 5) is 15.9. The van der Waals surface area contributed by atoms with E-state index >= 15 is 0 Å². The SMILES string of the molecule is COc1cccc(CN2CCOC3(COCC(=O)N(C)C3)C2)c1. The standard InChI is InChI=1S/C17H24N2O4/c1-18-11-17(13-22-10-16(18)20)12-19(6-7-23-17)9-14-4-3-5-15(8-14)21-2/h3-5,8H,6-7,9-13H2,1-2H3. The van der Waals surface area contributed by atoms with Gasteiger partial charge >= 0.3 is 0 Å². The Morgan fingerprint density at radius 3 is 3.04 bits per heavy atom. The highest BCUT2D eigenvalue weighted by Gasteiger charge is 2.41. The minimum atomic E-state index is -0.433. The Labute approximate surface area is 136 Å². The first kappa shape index (κ1) is 16.2. The smallest absolute Gasteiger partial charge is 0.248 e. The highest BCUT2D eigenvalue weighted by Crippen LogP contribution is 2.24. The molecule has 6 heteroatoms. The molecule has 23 heavy (non-hydrogen) atoms. The van der Waals surface area contributed by atoms with E-state index in [1.54, 1.807) is 12.0 Å². The van der Waals surface area contributed by atoms with Crippen molar-refractivity contribution < 1.29 is 19.0 Å². The Balaban J connectivity index is 1.68. The van der Waals surface area contributed by atoms with Gasteiger partial charge in [0.1, 0.15) is 18.0 Å². The first-order valence-electron chi connectivity index (χ1n) is 7.91. The highest BCUT2D eigenvalue weighted by molar-refractivity contribution is 5.77. The third-order valence-corrected chi connectivity index (χ3v) is 4.41. The van der Waals surface area contributed by atoms with Crippen LogP contribution in [-0.2, 0) is 20.8 Å². The monoisotopic (exact) mass is 320 g/mol. The second kappa shape index (κ2) is 6.86. The maximum Gasteiger partial charge on any atom is 0.248 e. The molecule has 1 spiro atoms. The van der Waals surface area contributed by atoms with Crippen LogP contribution < -0.4 is 4.74 Å². The molecule has 1 aromatic rings. The minimum Gasteiger partial charge on any atom is -0.497 e. The Morgan fingerprint density at radius 2 is 2.22 bits per heavy atom. The fourth-order valence-electron chi connectivity index (χ4n) is 3.27. The van der Waals surface area contributed by atoms with Crippen molar-refractivity contribution in [1.82, 2.24) is 9.80 Å². The molecule has 0 aromatic heterocycles. The summed E-state index contributed by atoms with van der Waals surface area (Å²) in [6.45, 7) is 4.27. The Morgan fingerprint density at radius 1 is 1.35 bits per heavy atom. The average molecular weight is 320 g/mol. The summed E-state index contributed by atoms with van der Waals surface area (Å²) in [6, 6.07) is 8.11. The van der Waals surface area contributed by atoms with Gasteiger partial charge in [0.15, 0.2) is 0 Å². The van der Waals surface area contributed by atoms with Crippen LogP contribution in [0.1, 0.15) is 5.56 Å². The van der Waals surface area contributed by atoms with E-state index in [4.69, 9.17) is 14.2 Å². The zero-order valence-electron chi connectivity index (χ0n) is 13.8. The summed E-state index contributed by atoms with van der Waals surface area (Å²) in [6.07, 6.45) is 0. The summed E-state index contributed by atoms with van der Waals surface area (Å²) in [5.41, 5.74) is 0.776. The van der Waals surface area contributed by atoms with E-state index < -0.39 is 5.60 Å². The van der Waals surface area contributed by atoms with Crippen molar-refractivity contribution in [1.29, 1.82) is 0 Å². The van der Waals surface area contributed by atoms with Crippen molar-refractivity contribution in [3.8, 4) is 5.75 Å². The number of amides is 1. The molecule has 1 unspecified atom stereocenters. The van der Waals surface area contributed by atoms with Crippen LogP contribution in [0.3, 0.4) is 0 Å². The van der Waals surface area contributed by atoms with Gasteiger partial charge in [0.05, 0.1) is 26.9 Å². The van der Waals surface area contributed by atoms with E-state index in [-0.39, 0.29) is 12.5 Å². The lowest BCUT2D eigenvalue weighted by molar-refractivity contribution is -0.143. The first-order chi connectivity index (χ1) is 11.1. The summed E-state index contributed by atoms with van der Waals surface area (Å²) >= 11 is 0. The normalized spacial score (nSPS) is 26.3. The van der Waals surface area contributed by atoms with Crippen molar-refractivity contribution in [2.75, 3.05) is 53.6 Å². The van der Waals surface area contributed by atoms with Crippen LogP contribution >= 0.6 is 0 Å². The third kappa shape index (κ3) is 3.83. The van der Waals surface area contributed by atoms with Crippen molar-refractivity contribution in [3.05, 3.63) is 29.8 Å². The van der Waals surface area contributed by atoms with Gasteiger partial charge in [0, 0.05) is 26.7 Å². The molecule has 0 aliphatic carbocycles. The van der Waals surface area contributed by atoms with Crippen LogP contribution in [0.5, 0.6) is 5.75 Å². The topological polar surface area (TPSA) is 51.2 Å². The number of likely N-dealkylation sites (N-methyl/N-ethyl adjacent to an activating group) is 1. The van der Waals surface area contributed by atoms with E-state index in [2.05, 4.69) is 17.0 Å². The minimum absolute atomic E-state index is 0.00962. The molecule has 0 bridgehead atoms. The zero-order chi connectivity index (χ0) is 16.3. The van der Waals surface area contributed by atoms with Gasteiger partial charge in [-0.1, -0.05) is 12.1 Å². The van der Waals surface area contributed by atoms with Gasteiger partial charge in [0.2, 0.25) is 5.91 Å². The van der Waals surface area contributed by atoms with Crippen molar-refractivity contribution in [2.24, 2.45) is 0 Å². The van der Waals surface area contributed by atoms with Crippen LogP contribution in [0.4, 0.5) is 0 Å². The predicted molar refractivity (Wildman–Crippen MR) is 85.4 cm³/mol. The number of carbonyl (C=O) groups excluding carboxylic acids is 1. The maximum absolute atomic E-state index is 11.8. The van der Waals surface area contributed by atoms with E-state index in [0.717, 1.165) is 25.4 Å². The molecule has 0 N–H and O–H groups in total. The lowest BCUT2D eigenvalue weighted by Gasteiger charge is -2.42. The van der Waals surface area contributed by atoms with Crippen LogP contribution in [0.25, 0.3) is 0 Å². The van der Waals surface area contributed by atoms with Gasteiger partial charge < -0.3 is 19.1 Å². The quantitative estimate of drug-likeness (QED) is 0.823. The Bertz CT molecular complexity index is 565. The summed E-state index contributed by atoms with van der Waals surface area (Å²) in [5.74, 6) is 0.879. The van der Waals surface area contributed by atoms with E-state index in [9.17, 15) is 4.79 Å². The molecule has 2 aliphatic heterocycles. The largest absolute Gasteiger partial charge is 0.497 e. The molecule has 2 fully saturated rings. The highest BCUT2D eigenvalue weighted by atomic mass is 16.5. The third-order valence-electron chi connectivity index (χ3n) is 4.41. The Kier molecular flexibility index (Phi) is 4.84. The average Bonchev–Trinajstić information content (AvgIpc) is 2.67. The van der Waals surface area contributed by atoms with Gasteiger partial charge in [-0.15, -0.1) is 0 Å². The van der Waals surface area contributed by atoms with Crippen molar-refractivity contribution in [3.63, 3.8) is 0 Å². The summed E-state index contributed by atoms with van der Waals surface area (Å²) < 4.78 is 16.9. The molecule has 126 valence electrons. The first-order valence-corrected chi connectivity index (χ1v) is 7.91. The summed E-state index contributed by atoms with van der Waals surface area (Å²) in [7, 11) is 3.49. The lowest BCUT2D eigenvalue weighted by atomic mass is 10.0. The fourth-order valence-corrected chi connectivity index (χ4v) is 3.27. The molecule has 0 radical (unpaired) electrons. The van der Waals surface area contributed by atoms with Crippen LogP contribution in [0, 0.1) is 0 Å². The molecule has 0 saturated carbocycles. The summed E-state index contributed by atoms with van der Waals surface area (Å²) in [5, 5.41) is 0. The Hall–Kier alpha value is -1.63. The number of hydrogen-bond acceptors (Lipinski definition) is 5. The predicted octanol–water partition coefficient (Wildman–Crippen LogP) is 0.755. The van der Waals surface area contributed by atoms with E-state index in [0.29, 0.717) is 19.8 Å². The molecular weight excluding hydrogens is 296 g/mol. The molecule has 1 atom stereocenters. The zero-order valence-corrected chi connectivity index (χ0v) is 13.8. The molecule has 2 heterocycles. The van der Waals surface area contributed by atoms with Gasteiger partial charge in [-0.2, -0.15) is 0 Å². The number of carbonyl (C=O) groups is 1. The van der Waals surface area contributed by atoms with Gasteiger partial charge in [0.25, 0.3) is 0 Å². The van der Waals surface area contributed by atoms with Gasteiger partial charge in [-0.25, -0.2) is 0 Å². The molecule has 6 nitrogen and oxygen atoms in total. The number of ether oxygens (including phenoxy) is 3. The van der Waals surface area contributed by atoms with Crippen LogP contribution in [-0.4, -0.2) is 74.9 Å². The number of benzene rings is 1. The van der Waals surface area contributed by atoms with Crippen molar-refractivity contribution >= 4 is 5.91 Å². The van der Waals surface area contributed by atoms with E-state index in [1.165, 1.54) is 5.56 Å². The second-order valence-corrected chi connectivity index (χ2v) is 6.34. The van der Waals surface area contributed by atoms with E-state index in [1.807, 2.05) is 19.2 Å². The number of nitrogens with zero attached hydrogens (tertiary/aromatic N) is 2. The number of hydrogen-bond donors (Lipinski definition) is 0. The van der Waals surface area contributed by atoms with Gasteiger partial charge in [-0.3, -0.25) is 9.69 Å². The maximum atomic E-state index is 11.8. The van der Waals surface area contributed by atoms with Crippen LogP contribution in [0.2, 0.25) is 0 Å². The van der Waals surface area contributed by atoms with Crippen LogP contribution in [0.15, 0.2) is 24.3 Å². The number of morpholine rings is 1. The molecule has 1 aromatic carbocycles. The lowest BCUT2D eigenvalue weighted by Crippen LogP contribution is -2.58.